The Morgan fingerprint density at radius 2 is 2.05 bits per heavy atom. The highest BCUT2D eigenvalue weighted by Gasteiger charge is 2.37. The molecule has 0 aliphatic carbocycles. The summed E-state index contributed by atoms with van der Waals surface area (Å²) in [5.41, 5.74) is 8.01. The van der Waals surface area contributed by atoms with E-state index < -0.39 is 0 Å². The summed E-state index contributed by atoms with van der Waals surface area (Å²) < 4.78 is 1.14. The average molecular weight is 325 g/mol. The van der Waals surface area contributed by atoms with E-state index in [4.69, 9.17) is 5.73 Å². The van der Waals surface area contributed by atoms with Crippen molar-refractivity contribution in [2.24, 2.45) is 5.73 Å². The van der Waals surface area contributed by atoms with Crippen LogP contribution >= 0.6 is 15.9 Å². The Balaban J connectivity index is 2.09. The molecule has 1 aromatic carbocycles. The lowest BCUT2D eigenvalue weighted by Gasteiger charge is -2.43. The predicted octanol–water partition coefficient (Wildman–Crippen LogP) is 3.58. The number of likely N-dealkylation sites (tertiary alicyclic amines) is 1. The van der Waals surface area contributed by atoms with Crippen LogP contribution in [0.15, 0.2) is 28.7 Å². The summed E-state index contributed by atoms with van der Waals surface area (Å²) in [6.07, 6.45) is 4.70. The van der Waals surface area contributed by atoms with Gasteiger partial charge in [0.05, 0.1) is 0 Å². The standard InChI is InChI=1S/C16H25BrN2/c1-3-16(2,19-9-4-5-10-19)15(18)12-13-7-6-8-14(17)11-13/h6-8,11,15H,3-5,9-10,12,18H2,1-2H3. The van der Waals surface area contributed by atoms with Crippen LogP contribution in [0.4, 0.5) is 0 Å². The van der Waals surface area contributed by atoms with Crippen LogP contribution in [0, 0.1) is 0 Å². The summed E-state index contributed by atoms with van der Waals surface area (Å²) in [5, 5.41) is 0. The molecular weight excluding hydrogens is 300 g/mol. The van der Waals surface area contributed by atoms with Gasteiger partial charge in [-0.25, -0.2) is 0 Å². The zero-order valence-electron chi connectivity index (χ0n) is 12.0. The van der Waals surface area contributed by atoms with E-state index in [0.29, 0.717) is 0 Å². The molecule has 2 nitrogen and oxygen atoms in total. The fraction of sp³-hybridized carbons (Fsp3) is 0.625. The van der Waals surface area contributed by atoms with Crippen molar-refractivity contribution >= 4 is 15.9 Å². The molecule has 0 aromatic heterocycles. The van der Waals surface area contributed by atoms with Gasteiger partial charge in [0, 0.05) is 16.1 Å². The SMILES string of the molecule is CCC(C)(C(N)Cc1cccc(Br)c1)N1CCCC1. The molecule has 1 saturated heterocycles. The Labute approximate surface area is 125 Å². The maximum atomic E-state index is 6.57. The van der Waals surface area contributed by atoms with Gasteiger partial charge in [0.2, 0.25) is 0 Å². The highest BCUT2D eigenvalue weighted by molar-refractivity contribution is 9.10. The number of halogens is 1. The summed E-state index contributed by atoms with van der Waals surface area (Å²) in [6.45, 7) is 7.01. The Morgan fingerprint density at radius 3 is 2.63 bits per heavy atom. The second-order valence-electron chi connectivity index (χ2n) is 5.85. The maximum Gasteiger partial charge on any atom is 0.0332 e. The molecule has 19 heavy (non-hydrogen) atoms. The van der Waals surface area contributed by atoms with E-state index in [1.165, 1.54) is 31.5 Å². The van der Waals surface area contributed by atoms with Crippen LogP contribution in [-0.2, 0) is 6.42 Å². The van der Waals surface area contributed by atoms with Gasteiger partial charge in [0.15, 0.2) is 0 Å². The molecule has 2 unspecified atom stereocenters. The summed E-state index contributed by atoms with van der Waals surface area (Å²) in [4.78, 5) is 2.59. The fourth-order valence-electron chi connectivity index (χ4n) is 3.09. The van der Waals surface area contributed by atoms with Gasteiger partial charge in [0.25, 0.3) is 0 Å². The monoisotopic (exact) mass is 324 g/mol. The van der Waals surface area contributed by atoms with Gasteiger partial charge >= 0.3 is 0 Å². The van der Waals surface area contributed by atoms with Crippen molar-refractivity contribution in [1.29, 1.82) is 0 Å². The molecule has 3 heteroatoms. The third kappa shape index (κ3) is 3.39. The van der Waals surface area contributed by atoms with Crippen molar-refractivity contribution < 1.29 is 0 Å². The van der Waals surface area contributed by atoms with Crippen LogP contribution in [0.3, 0.4) is 0 Å². The summed E-state index contributed by atoms with van der Waals surface area (Å²) >= 11 is 3.53. The molecule has 1 aliphatic rings. The molecule has 0 spiro atoms. The summed E-state index contributed by atoms with van der Waals surface area (Å²) in [5.74, 6) is 0. The van der Waals surface area contributed by atoms with Gasteiger partial charge < -0.3 is 5.73 Å². The predicted molar refractivity (Wildman–Crippen MR) is 85.3 cm³/mol. The molecule has 1 heterocycles. The van der Waals surface area contributed by atoms with Gasteiger partial charge in [-0.05, 0) is 63.4 Å². The largest absolute Gasteiger partial charge is 0.326 e. The van der Waals surface area contributed by atoms with Gasteiger partial charge in [0.1, 0.15) is 0 Å². The first-order valence-corrected chi connectivity index (χ1v) is 8.10. The zero-order chi connectivity index (χ0) is 13.9. The summed E-state index contributed by atoms with van der Waals surface area (Å²) in [6, 6.07) is 8.69. The van der Waals surface area contributed by atoms with E-state index >= 15 is 0 Å². The second-order valence-corrected chi connectivity index (χ2v) is 6.76. The normalized spacial score (nSPS) is 21.3. The summed E-state index contributed by atoms with van der Waals surface area (Å²) in [7, 11) is 0. The van der Waals surface area contributed by atoms with Crippen LogP contribution in [0.25, 0.3) is 0 Å². The number of hydrogen-bond donors (Lipinski definition) is 1. The molecule has 106 valence electrons. The van der Waals surface area contributed by atoms with E-state index in [0.717, 1.165) is 17.3 Å². The van der Waals surface area contributed by atoms with Gasteiger partial charge in [-0.2, -0.15) is 0 Å². The number of nitrogens with zero attached hydrogens (tertiary/aromatic N) is 1. The van der Waals surface area contributed by atoms with Crippen LogP contribution in [-0.4, -0.2) is 29.6 Å². The van der Waals surface area contributed by atoms with Gasteiger partial charge in [-0.3, -0.25) is 4.90 Å². The Kier molecular flexibility index (Phi) is 5.04. The smallest absolute Gasteiger partial charge is 0.0332 e. The molecule has 2 N–H and O–H groups in total. The first-order chi connectivity index (χ1) is 9.06. The Morgan fingerprint density at radius 1 is 1.37 bits per heavy atom. The average Bonchev–Trinajstić information content (AvgIpc) is 2.92. The molecule has 2 rings (SSSR count). The molecular formula is C16H25BrN2. The van der Waals surface area contributed by atoms with Gasteiger partial charge in [-0.15, -0.1) is 0 Å². The lowest BCUT2D eigenvalue weighted by Crippen LogP contribution is -2.57. The van der Waals surface area contributed by atoms with E-state index in [1.54, 1.807) is 0 Å². The van der Waals surface area contributed by atoms with Crippen molar-refractivity contribution in [2.45, 2.75) is 51.1 Å². The minimum Gasteiger partial charge on any atom is -0.326 e. The third-order valence-electron chi connectivity index (χ3n) is 4.69. The zero-order valence-corrected chi connectivity index (χ0v) is 13.6. The highest BCUT2D eigenvalue weighted by atomic mass is 79.9. The van der Waals surface area contributed by atoms with E-state index in [2.05, 4.69) is 58.9 Å². The minimum absolute atomic E-state index is 0.124. The number of nitrogens with two attached hydrogens (primary N) is 1. The van der Waals surface area contributed by atoms with Crippen molar-refractivity contribution in [3.63, 3.8) is 0 Å². The van der Waals surface area contributed by atoms with Crippen molar-refractivity contribution in [3.05, 3.63) is 34.3 Å². The highest BCUT2D eigenvalue weighted by Crippen LogP contribution is 2.29. The molecule has 0 amide bonds. The molecule has 1 aliphatic heterocycles. The maximum absolute atomic E-state index is 6.57. The van der Waals surface area contributed by atoms with Crippen molar-refractivity contribution in [3.8, 4) is 0 Å². The van der Waals surface area contributed by atoms with Crippen LogP contribution < -0.4 is 5.73 Å². The van der Waals surface area contributed by atoms with Crippen molar-refractivity contribution in [2.75, 3.05) is 13.1 Å². The quantitative estimate of drug-likeness (QED) is 0.896. The van der Waals surface area contributed by atoms with Crippen LogP contribution in [0.1, 0.15) is 38.7 Å². The molecule has 1 aromatic rings. The fourth-order valence-corrected chi connectivity index (χ4v) is 3.53. The molecule has 1 fully saturated rings. The first-order valence-electron chi connectivity index (χ1n) is 7.31. The number of benzene rings is 1. The lowest BCUT2D eigenvalue weighted by molar-refractivity contribution is 0.0999. The molecule has 2 atom stereocenters. The van der Waals surface area contributed by atoms with Crippen molar-refractivity contribution in [1.82, 2.24) is 4.90 Å². The van der Waals surface area contributed by atoms with E-state index in [1.807, 2.05) is 0 Å². The number of rotatable bonds is 5. The molecule has 0 bridgehead atoms. The Hall–Kier alpha value is -0.380. The number of hydrogen-bond acceptors (Lipinski definition) is 2. The molecule has 0 radical (unpaired) electrons. The minimum atomic E-state index is 0.124. The van der Waals surface area contributed by atoms with Crippen LogP contribution in [0.5, 0.6) is 0 Å². The third-order valence-corrected chi connectivity index (χ3v) is 5.18. The second kappa shape index (κ2) is 6.38. The lowest BCUT2D eigenvalue weighted by atomic mass is 9.84. The van der Waals surface area contributed by atoms with Crippen LogP contribution in [0.2, 0.25) is 0 Å². The van der Waals surface area contributed by atoms with Gasteiger partial charge in [-0.1, -0.05) is 35.0 Å². The first kappa shape index (κ1) is 15.0. The van der Waals surface area contributed by atoms with E-state index in [-0.39, 0.29) is 11.6 Å². The molecule has 0 saturated carbocycles. The topological polar surface area (TPSA) is 29.3 Å². The Bertz CT molecular complexity index is 415. The van der Waals surface area contributed by atoms with E-state index in [9.17, 15) is 0 Å².